The van der Waals surface area contributed by atoms with E-state index in [9.17, 15) is 13.2 Å². The van der Waals surface area contributed by atoms with Crippen LogP contribution < -0.4 is 9.62 Å². The van der Waals surface area contributed by atoms with Gasteiger partial charge in [0.15, 0.2) is 0 Å². The third-order valence-corrected chi connectivity index (χ3v) is 8.65. The number of nitrogens with zero attached hydrogens (tertiary/aromatic N) is 3. The minimum absolute atomic E-state index is 0.00751. The van der Waals surface area contributed by atoms with Crippen LogP contribution >= 0.6 is 11.6 Å². The van der Waals surface area contributed by atoms with Crippen LogP contribution in [-0.4, -0.2) is 56.4 Å². The summed E-state index contributed by atoms with van der Waals surface area (Å²) in [4.78, 5) is 19.8. The number of hydrogen-bond acceptors (Lipinski definition) is 5. The number of piperazine rings is 1. The Balaban J connectivity index is 1.47. The highest BCUT2D eigenvalue weighted by atomic mass is 35.5. The number of anilines is 1. The molecule has 3 aliphatic rings. The second kappa shape index (κ2) is 8.04. The van der Waals surface area contributed by atoms with E-state index >= 15 is 0 Å². The summed E-state index contributed by atoms with van der Waals surface area (Å²) in [5.41, 5.74) is 0.152. The summed E-state index contributed by atoms with van der Waals surface area (Å²) >= 11 is 6.43. The number of rotatable bonds is 4. The van der Waals surface area contributed by atoms with Gasteiger partial charge in [0.1, 0.15) is 10.7 Å². The van der Waals surface area contributed by atoms with Crippen LogP contribution in [0.4, 0.5) is 5.82 Å². The maximum atomic E-state index is 13.0. The molecule has 0 aromatic carbocycles. The summed E-state index contributed by atoms with van der Waals surface area (Å²) in [7, 11) is -3.67. The smallest absolute Gasteiger partial charge is 0.242 e. The molecule has 1 aromatic rings. The van der Waals surface area contributed by atoms with Crippen molar-refractivity contribution in [1.82, 2.24) is 14.6 Å². The summed E-state index contributed by atoms with van der Waals surface area (Å²) < 4.78 is 29.0. The lowest BCUT2D eigenvalue weighted by atomic mass is 9.58. The summed E-state index contributed by atoms with van der Waals surface area (Å²) in [6.07, 6.45) is 9.10. The van der Waals surface area contributed by atoms with E-state index in [1.807, 2.05) is 4.90 Å². The number of carbonyl (C=O) groups excluding carboxylic acids is 1. The average molecular weight is 441 g/mol. The number of nitrogens with one attached hydrogen (secondary N) is 1. The molecule has 1 atom stereocenters. The average Bonchev–Trinajstić information content (AvgIpc) is 2.67. The summed E-state index contributed by atoms with van der Waals surface area (Å²) in [5, 5.41) is 0.325. The van der Waals surface area contributed by atoms with Gasteiger partial charge >= 0.3 is 0 Å². The molecule has 2 aliphatic carbocycles. The van der Waals surface area contributed by atoms with E-state index < -0.39 is 10.0 Å². The second-order valence-electron chi connectivity index (χ2n) is 8.61. The zero-order chi connectivity index (χ0) is 20.6. The minimum Gasteiger partial charge on any atom is -0.352 e. The molecule has 1 amide bonds. The third-order valence-electron chi connectivity index (χ3n) is 6.93. The van der Waals surface area contributed by atoms with Gasteiger partial charge in [-0.1, -0.05) is 30.9 Å². The number of pyridine rings is 1. The first-order chi connectivity index (χ1) is 13.8. The van der Waals surface area contributed by atoms with Crippen LogP contribution in [0.25, 0.3) is 0 Å². The fourth-order valence-corrected chi connectivity index (χ4v) is 6.69. The van der Waals surface area contributed by atoms with Gasteiger partial charge in [0.05, 0.1) is 5.02 Å². The topological polar surface area (TPSA) is 82.6 Å². The Kier molecular flexibility index (Phi) is 5.79. The Labute approximate surface area is 177 Å². The maximum Gasteiger partial charge on any atom is 0.242 e. The largest absolute Gasteiger partial charge is 0.352 e. The van der Waals surface area contributed by atoms with Crippen LogP contribution in [-0.2, 0) is 14.8 Å². The molecular formula is C20H29ClN4O3S. The Morgan fingerprint density at radius 1 is 1.17 bits per heavy atom. The number of aromatic nitrogens is 1. The molecule has 1 aliphatic heterocycles. The zero-order valence-corrected chi connectivity index (χ0v) is 18.4. The third kappa shape index (κ3) is 4.11. The van der Waals surface area contributed by atoms with Crippen molar-refractivity contribution in [3.05, 3.63) is 17.3 Å². The first-order valence-corrected chi connectivity index (χ1v) is 12.4. The zero-order valence-electron chi connectivity index (χ0n) is 16.9. The molecule has 29 heavy (non-hydrogen) atoms. The van der Waals surface area contributed by atoms with Crippen LogP contribution in [0.1, 0.15) is 51.9 Å². The molecule has 1 unspecified atom stereocenters. The van der Waals surface area contributed by atoms with Gasteiger partial charge in [0.25, 0.3) is 0 Å². The number of halogens is 1. The quantitative estimate of drug-likeness (QED) is 0.778. The monoisotopic (exact) mass is 440 g/mol. The highest BCUT2D eigenvalue weighted by molar-refractivity contribution is 7.89. The molecule has 9 heteroatoms. The van der Waals surface area contributed by atoms with Gasteiger partial charge in [-0.25, -0.2) is 18.1 Å². The minimum atomic E-state index is -3.67. The van der Waals surface area contributed by atoms with Crippen molar-refractivity contribution in [3.63, 3.8) is 0 Å². The molecule has 1 aromatic heterocycles. The molecule has 0 radical (unpaired) electrons. The van der Waals surface area contributed by atoms with Gasteiger partial charge in [0.2, 0.25) is 15.9 Å². The van der Waals surface area contributed by atoms with Gasteiger partial charge in [-0.15, -0.1) is 0 Å². The molecule has 3 fully saturated rings. The van der Waals surface area contributed by atoms with Crippen molar-refractivity contribution in [2.45, 2.75) is 62.8 Å². The molecule has 1 saturated heterocycles. The van der Waals surface area contributed by atoms with E-state index in [0.29, 0.717) is 37.0 Å². The normalized spacial score (nSPS) is 24.4. The van der Waals surface area contributed by atoms with Crippen LogP contribution in [0.3, 0.4) is 0 Å². The van der Waals surface area contributed by atoms with Crippen LogP contribution in [0.2, 0.25) is 5.02 Å². The lowest BCUT2D eigenvalue weighted by Gasteiger charge is -2.50. The van der Waals surface area contributed by atoms with Crippen LogP contribution in [0.5, 0.6) is 0 Å². The molecule has 1 N–H and O–H groups in total. The van der Waals surface area contributed by atoms with Crippen LogP contribution in [0, 0.1) is 5.41 Å². The second-order valence-corrected chi connectivity index (χ2v) is 10.7. The van der Waals surface area contributed by atoms with Crippen LogP contribution in [0.15, 0.2) is 17.2 Å². The summed E-state index contributed by atoms with van der Waals surface area (Å²) in [6, 6.07) is 1.51. The summed E-state index contributed by atoms with van der Waals surface area (Å²) in [6.45, 7) is 4.04. The van der Waals surface area contributed by atoms with Gasteiger partial charge < -0.3 is 9.80 Å². The lowest BCUT2D eigenvalue weighted by molar-refractivity contribution is -0.129. The Hall–Kier alpha value is -1.38. The molecule has 1 spiro atoms. The number of amides is 1. The van der Waals surface area contributed by atoms with Gasteiger partial charge in [-0.3, -0.25) is 4.79 Å². The van der Waals surface area contributed by atoms with Crippen molar-refractivity contribution in [2.24, 2.45) is 5.41 Å². The predicted molar refractivity (Wildman–Crippen MR) is 113 cm³/mol. The molecule has 4 rings (SSSR count). The number of sulfonamides is 1. The highest BCUT2D eigenvalue weighted by Gasteiger charge is 2.46. The standard InChI is InChI=1S/C20H29ClN4O3S/c1-15(26)24-9-11-25(12-10-24)19-17(21)13-16(14-22-19)29(27,28)23-18-5-2-3-6-20(18)7-4-8-20/h13-14,18,23H,2-12H2,1H3. The van der Waals surface area contributed by atoms with E-state index in [0.717, 1.165) is 32.1 Å². The molecule has 2 heterocycles. The Morgan fingerprint density at radius 3 is 2.45 bits per heavy atom. The van der Waals surface area contributed by atoms with Crippen molar-refractivity contribution >= 4 is 33.3 Å². The van der Waals surface area contributed by atoms with E-state index in [1.54, 1.807) is 11.8 Å². The Bertz CT molecular complexity index is 880. The Morgan fingerprint density at radius 2 is 1.86 bits per heavy atom. The van der Waals surface area contributed by atoms with E-state index in [2.05, 4.69) is 9.71 Å². The first-order valence-electron chi connectivity index (χ1n) is 10.5. The first kappa shape index (κ1) is 20.9. The highest BCUT2D eigenvalue weighted by Crippen LogP contribution is 2.51. The molecule has 0 bridgehead atoms. The van der Waals surface area contributed by atoms with Crippen molar-refractivity contribution < 1.29 is 13.2 Å². The van der Waals surface area contributed by atoms with E-state index in [-0.39, 0.29) is 22.3 Å². The molecular weight excluding hydrogens is 412 g/mol. The molecule has 160 valence electrons. The molecule has 2 saturated carbocycles. The fraction of sp³-hybridized carbons (Fsp3) is 0.700. The van der Waals surface area contributed by atoms with E-state index in [4.69, 9.17) is 11.6 Å². The predicted octanol–water partition coefficient (Wildman–Crippen LogP) is 2.79. The summed E-state index contributed by atoms with van der Waals surface area (Å²) in [5.74, 6) is 0.630. The van der Waals surface area contributed by atoms with E-state index in [1.165, 1.54) is 25.1 Å². The van der Waals surface area contributed by atoms with Crippen molar-refractivity contribution in [1.29, 1.82) is 0 Å². The lowest BCUT2D eigenvalue weighted by Crippen LogP contribution is -2.52. The number of hydrogen-bond donors (Lipinski definition) is 1. The van der Waals surface area contributed by atoms with Crippen molar-refractivity contribution in [2.75, 3.05) is 31.1 Å². The van der Waals surface area contributed by atoms with Gasteiger partial charge in [0, 0.05) is 45.3 Å². The van der Waals surface area contributed by atoms with Crippen molar-refractivity contribution in [3.8, 4) is 0 Å². The molecule has 7 nitrogen and oxygen atoms in total. The number of carbonyl (C=O) groups is 1. The SMILES string of the molecule is CC(=O)N1CCN(c2ncc(S(=O)(=O)NC3CCCCC34CCC4)cc2Cl)CC1. The maximum absolute atomic E-state index is 13.0. The fourth-order valence-electron chi connectivity index (χ4n) is 5.00. The van der Waals surface area contributed by atoms with Gasteiger partial charge in [-0.2, -0.15) is 0 Å². The van der Waals surface area contributed by atoms with Gasteiger partial charge in [-0.05, 0) is 37.2 Å².